The summed E-state index contributed by atoms with van der Waals surface area (Å²) in [6.07, 6.45) is 4.06. The molecule has 1 aromatic carbocycles. The molecule has 0 saturated carbocycles. The Morgan fingerprint density at radius 3 is 2.72 bits per heavy atom. The maximum Gasteiger partial charge on any atom is 0.161 e. The monoisotopic (exact) mass is 336 g/mol. The third-order valence-corrected chi connectivity index (χ3v) is 5.03. The Balaban J connectivity index is 1.55. The first-order valence-electron chi connectivity index (χ1n) is 8.95. The Bertz CT molecular complexity index is 886. The van der Waals surface area contributed by atoms with Crippen molar-refractivity contribution < 1.29 is 4.74 Å². The minimum Gasteiger partial charge on any atom is -0.491 e. The quantitative estimate of drug-likeness (QED) is 0.787. The van der Waals surface area contributed by atoms with E-state index in [0.717, 1.165) is 30.1 Å². The summed E-state index contributed by atoms with van der Waals surface area (Å²) in [4.78, 5) is 0. The van der Waals surface area contributed by atoms with Gasteiger partial charge in [0, 0.05) is 17.9 Å². The van der Waals surface area contributed by atoms with E-state index in [4.69, 9.17) is 10.5 Å². The van der Waals surface area contributed by atoms with Crippen LogP contribution in [0.5, 0.6) is 5.75 Å². The van der Waals surface area contributed by atoms with Gasteiger partial charge in [-0.25, -0.2) is 0 Å². The Morgan fingerprint density at radius 1 is 1.12 bits per heavy atom. The van der Waals surface area contributed by atoms with Crippen molar-refractivity contribution in [1.82, 2.24) is 14.6 Å². The van der Waals surface area contributed by atoms with E-state index < -0.39 is 0 Å². The summed E-state index contributed by atoms with van der Waals surface area (Å²) in [5.74, 6) is 2.50. The highest BCUT2D eigenvalue weighted by Gasteiger charge is 2.25. The predicted molar refractivity (Wildman–Crippen MR) is 97.9 cm³/mol. The van der Waals surface area contributed by atoms with Gasteiger partial charge < -0.3 is 10.5 Å². The first-order chi connectivity index (χ1) is 12.1. The second kappa shape index (κ2) is 6.48. The van der Waals surface area contributed by atoms with Crippen LogP contribution in [0.25, 0.3) is 5.65 Å². The lowest BCUT2D eigenvalue weighted by Crippen LogP contribution is -2.23. The maximum absolute atomic E-state index is 6.25. The van der Waals surface area contributed by atoms with Gasteiger partial charge in [0.15, 0.2) is 5.65 Å². The molecular formula is C20H24N4O. The standard InChI is InChI=1S/C20H24N4O/c1-13(2)20-23-22-19-10-8-15(11-24(19)20)25-12-14-7-9-18(21)17-6-4-3-5-16(14)17/h3-6,8,10-11,13-14,18H,7,9,12,21H2,1-2H3/t14?,18-/m0/s1. The van der Waals surface area contributed by atoms with E-state index >= 15 is 0 Å². The fourth-order valence-corrected chi connectivity index (χ4v) is 3.65. The number of fused-ring (bicyclic) bond motifs is 2. The molecule has 3 aromatic rings. The summed E-state index contributed by atoms with van der Waals surface area (Å²) in [7, 11) is 0. The van der Waals surface area contributed by atoms with E-state index in [9.17, 15) is 0 Å². The normalized spacial score (nSPS) is 20.0. The Kier molecular flexibility index (Phi) is 4.17. The average Bonchev–Trinajstić information content (AvgIpc) is 3.05. The molecule has 0 aliphatic heterocycles. The van der Waals surface area contributed by atoms with Gasteiger partial charge in [-0.05, 0) is 36.1 Å². The van der Waals surface area contributed by atoms with Gasteiger partial charge in [-0.2, -0.15) is 0 Å². The molecule has 25 heavy (non-hydrogen) atoms. The first-order valence-corrected chi connectivity index (χ1v) is 8.95. The van der Waals surface area contributed by atoms with Crippen molar-refractivity contribution in [3.8, 4) is 5.75 Å². The minimum absolute atomic E-state index is 0.148. The number of ether oxygens (including phenoxy) is 1. The number of nitrogens with zero attached hydrogens (tertiary/aromatic N) is 3. The Hall–Kier alpha value is -2.40. The molecule has 2 aromatic heterocycles. The van der Waals surface area contributed by atoms with E-state index in [1.807, 2.05) is 22.7 Å². The van der Waals surface area contributed by atoms with Gasteiger partial charge >= 0.3 is 0 Å². The number of hydrogen-bond acceptors (Lipinski definition) is 4. The molecule has 1 unspecified atom stereocenters. The van der Waals surface area contributed by atoms with Crippen LogP contribution in [0.1, 0.15) is 61.5 Å². The molecular weight excluding hydrogens is 312 g/mol. The molecule has 5 nitrogen and oxygen atoms in total. The molecule has 0 amide bonds. The summed E-state index contributed by atoms with van der Waals surface area (Å²) >= 11 is 0. The number of hydrogen-bond donors (Lipinski definition) is 1. The molecule has 0 radical (unpaired) electrons. The van der Waals surface area contributed by atoms with E-state index in [1.165, 1.54) is 11.1 Å². The van der Waals surface area contributed by atoms with E-state index in [0.29, 0.717) is 18.4 Å². The SMILES string of the molecule is CC(C)c1nnc2ccc(OCC3CC[C@H](N)c4ccccc43)cn12. The lowest BCUT2D eigenvalue weighted by molar-refractivity contribution is 0.268. The van der Waals surface area contributed by atoms with E-state index in [2.05, 4.69) is 48.3 Å². The van der Waals surface area contributed by atoms with Crippen LogP contribution in [0.15, 0.2) is 42.6 Å². The average molecular weight is 336 g/mol. The third-order valence-electron chi connectivity index (χ3n) is 5.03. The second-order valence-electron chi connectivity index (χ2n) is 7.13. The fourth-order valence-electron chi connectivity index (χ4n) is 3.65. The van der Waals surface area contributed by atoms with Crippen molar-refractivity contribution in [1.29, 1.82) is 0 Å². The second-order valence-corrected chi connectivity index (χ2v) is 7.13. The molecule has 2 heterocycles. The number of aromatic nitrogens is 3. The minimum atomic E-state index is 0.148. The molecule has 1 aliphatic carbocycles. The molecule has 0 saturated heterocycles. The molecule has 4 rings (SSSR count). The van der Waals surface area contributed by atoms with Crippen molar-refractivity contribution >= 4 is 5.65 Å². The summed E-state index contributed by atoms with van der Waals surface area (Å²) in [6, 6.07) is 12.5. The highest BCUT2D eigenvalue weighted by atomic mass is 16.5. The van der Waals surface area contributed by atoms with Crippen LogP contribution in [-0.2, 0) is 0 Å². The van der Waals surface area contributed by atoms with Crippen LogP contribution in [0.3, 0.4) is 0 Å². The molecule has 5 heteroatoms. The fraction of sp³-hybridized carbons (Fsp3) is 0.400. The van der Waals surface area contributed by atoms with Crippen LogP contribution in [0, 0.1) is 0 Å². The molecule has 2 N–H and O–H groups in total. The van der Waals surface area contributed by atoms with Gasteiger partial charge in [-0.15, -0.1) is 10.2 Å². The maximum atomic E-state index is 6.25. The Labute approximate surface area is 147 Å². The zero-order valence-electron chi connectivity index (χ0n) is 14.7. The van der Waals surface area contributed by atoms with Crippen molar-refractivity contribution in [3.05, 3.63) is 59.5 Å². The van der Waals surface area contributed by atoms with Crippen molar-refractivity contribution in [2.24, 2.45) is 5.73 Å². The summed E-state index contributed by atoms with van der Waals surface area (Å²) in [5.41, 5.74) is 9.70. The predicted octanol–water partition coefficient (Wildman–Crippen LogP) is 3.81. The number of pyridine rings is 1. The van der Waals surface area contributed by atoms with Crippen LogP contribution >= 0.6 is 0 Å². The van der Waals surface area contributed by atoms with Gasteiger partial charge in [0.05, 0.1) is 12.8 Å². The molecule has 130 valence electrons. The van der Waals surface area contributed by atoms with Gasteiger partial charge in [-0.3, -0.25) is 4.40 Å². The van der Waals surface area contributed by atoms with Gasteiger partial charge in [0.25, 0.3) is 0 Å². The van der Waals surface area contributed by atoms with Gasteiger partial charge in [-0.1, -0.05) is 38.1 Å². The zero-order valence-corrected chi connectivity index (χ0v) is 14.7. The third kappa shape index (κ3) is 3.00. The molecule has 0 fully saturated rings. The molecule has 0 bridgehead atoms. The smallest absolute Gasteiger partial charge is 0.161 e. The number of nitrogens with two attached hydrogens (primary N) is 1. The topological polar surface area (TPSA) is 65.4 Å². The lowest BCUT2D eigenvalue weighted by atomic mass is 9.81. The van der Waals surface area contributed by atoms with Gasteiger partial charge in [0.1, 0.15) is 11.6 Å². The van der Waals surface area contributed by atoms with Crippen LogP contribution < -0.4 is 10.5 Å². The van der Waals surface area contributed by atoms with Crippen LogP contribution in [0.2, 0.25) is 0 Å². The summed E-state index contributed by atoms with van der Waals surface area (Å²) in [6.45, 7) is 4.90. The summed E-state index contributed by atoms with van der Waals surface area (Å²) in [5, 5.41) is 8.48. The molecule has 2 atom stereocenters. The highest BCUT2D eigenvalue weighted by Crippen LogP contribution is 2.36. The molecule has 1 aliphatic rings. The lowest BCUT2D eigenvalue weighted by Gasteiger charge is -2.29. The number of rotatable bonds is 4. The Morgan fingerprint density at radius 2 is 1.92 bits per heavy atom. The highest BCUT2D eigenvalue weighted by molar-refractivity contribution is 5.42. The van der Waals surface area contributed by atoms with Crippen molar-refractivity contribution in [2.75, 3.05) is 6.61 Å². The largest absolute Gasteiger partial charge is 0.491 e. The van der Waals surface area contributed by atoms with E-state index in [1.54, 1.807) is 0 Å². The van der Waals surface area contributed by atoms with E-state index in [-0.39, 0.29) is 6.04 Å². The molecule has 0 spiro atoms. The zero-order chi connectivity index (χ0) is 17.4. The van der Waals surface area contributed by atoms with Gasteiger partial charge in [0.2, 0.25) is 0 Å². The number of benzene rings is 1. The first kappa shape index (κ1) is 16.1. The van der Waals surface area contributed by atoms with Crippen molar-refractivity contribution in [2.45, 2.75) is 44.6 Å². The van der Waals surface area contributed by atoms with Crippen LogP contribution in [-0.4, -0.2) is 21.2 Å². The van der Waals surface area contributed by atoms with Crippen LogP contribution in [0.4, 0.5) is 0 Å². The van der Waals surface area contributed by atoms with Crippen molar-refractivity contribution in [3.63, 3.8) is 0 Å². The summed E-state index contributed by atoms with van der Waals surface area (Å²) < 4.78 is 8.15.